The summed E-state index contributed by atoms with van der Waals surface area (Å²) in [5.41, 5.74) is 6.13. The smallest absolute Gasteiger partial charge is 0.123 e. The Bertz CT molecular complexity index is 948. The summed E-state index contributed by atoms with van der Waals surface area (Å²) >= 11 is 0. The van der Waals surface area contributed by atoms with Crippen molar-refractivity contribution in [1.29, 1.82) is 0 Å². The van der Waals surface area contributed by atoms with Crippen molar-refractivity contribution in [3.05, 3.63) is 65.0 Å². The van der Waals surface area contributed by atoms with Gasteiger partial charge in [-0.05, 0) is 95.7 Å². The molecule has 2 aliphatic carbocycles. The van der Waals surface area contributed by atoms with Gasteiger partial charge in [-0.25, -0.2) is 4.39 Å². The van der Waals surface area contributed by atoms with Gasteiger partial charge in [0.1, 0.15) is 5.82 Å². The average Bonchev–Trinajstić information content (AvgIpc) is 2.77. The van der Waals surface area contributed by atoms with E-state index in [1.54, 1.807) is 23.3 Å². The van der Waals surface area contributed by atoms with E-state index in [2.05, 4.69) is 56.2 Å². The summed E-state index contributed by atoms with van der Waals surface area (Å²) in [5.74, 6) is 1.10. The van der Waals surface area contributed by atoms with E-state index in [9.17, 15) is 4.39 Å². The second-order valence-corrected chi connectivity index (χ2v) is 10.8. The number of nitrogens with one attached hydrogen (secondary N) is 1. The first-order valence-corrected chi connectivity index (χ1v) is 12.4. The lowest BCUT2D eigenvalue weighted by Gasteiger charge is -2.55. The molecule has 2 aromatic rings. The van der Waals surface area contributed by atoms with Crippen molar-refractivity contribution in [1.82, 2.24) is 5.32 Å². The lowest BCUT2D eigenvalue weighted by Crippen LogP contribution is -2.52. The number of halogens is 1. The molecule has 0 bridgehead atoms. The van der Waals surface area contributed by atoms with Crippen LogP contribution in [-0.2, 0) is 11.8 Å². The van der Waals surface area contributed by atoms with Crippen LogP contribution in [0, 0.1) is 17.2 Å². The molecule has 32 heavy (non-hydrogen) atoms. The Hall–Kier alpha value is -2.00. The molecule has 1 N–H and O–H groups in total. The van der Waals surface area contributed by atoms with Gasteiger partial charge in [-0.1, -0.05) is 52.3 Å². The zero-order valence-corrected chi connectivity index (χ0v) is 20.3. The summed E-state index contributed by atoms with van der Waals surface area (Å²) in [5, 5.41) is 3.74. The Morgan fingerprint density at radius 2 is 1.91 bits per heavy atom. The Morgan fingerprint density at radius 3 is 2.66 bits per heavy atom. The van der Waals surface area contributed by atoms with Crippen molar-refractivity contribution >= 4 is 11.9 Å². The molecule has 4 rings (SSSR count). The van der Waals surface area contributed by atoms with E-state index in [1.807, 2.05) is 6.21 Å². The fourth-order valence-electron chi connectivity index (χ4n) is 6.45. The summed E-state index contributed by atoms with van der Waals surface area (Å²) in [6.45, 7) is 11.6. The van der Waals surface area contributed by atoms with Gasteiger partial charge < -0.3 is 5.32 Å². The highest BCUT2D eigenvalue weighted by Gasteiger charge is 2.51. The van der Waals surface area contributed by atoms with E-state index in [1.165, 1.54) is 49.8 Å². The highest BCUT2D eigenvalue weighted by atomic mass is 19.1. The summed E-state index contributed by atoms with van der Waals surface area (Å²) in [6.07, 6.45) is 9.27. The third kappa shape index (κ3) is 4.69. The predicted molar refractivity (Wildman–Crippen MR) is 134 cm³/mol. The number of hydrogen-bond acceptors (Lipinski definition) is 2. The van der Waals surface area contributed by atoms with Gasteiger partial charge in [0, 0.05) is 19.3 Å². The third-order valence-corrected chi connectivity index (χ3v) is 8.21. The fourth-order valence-corrected chi connectivity index (χ4v) is 6.45. The predicted octanol–water partition coefficient (Wildman–Crippen LogP) is 7.34. The molecule has 2 aliphatic rings. The third-order valence-electron chi connectivity index (χ3n) is 8.21. The van der Waals surface area contributed by atoms with Crippen LogP contribution in [0.2, 0.25) is 0 Å². The van der Waals surface area contributed by atoms with Gasteiger partial charge in [-0.2, -0.15) is 0 Å². The number of aryl methyl sites for hydroxylation is 1. The Balaban J connectivity index is 1.38. The first-order valence-electron chi connectivity index (χ1n) is 12.4. The highest BCUT2D eigenvalue weighted by Crippen LogP contribution is 2.57. The topological polar surface area (TPSA) is 24.4 Å². The standard InChI is InChI=1S/C29H39FN2/c1-21(2)22-7-13-26-23(19-22)8-14-27-28(3,15-5-16-29(26,27)4)20-31-17-6-18-32-25-11-9-24(30)10-12-25/h7,9-13,18-19,21,27,31H,5-6,8,14-17,20H2,1-4H3. The van der Waals surface area contributed by atoms with Crippen LogP contribution < -0.4 is 5.32 Å². The molecule has 0 radical (unpaired) electrons. The molecule has 1 saturated carbocycles. The minimum atomic E-state index is -0.218. The maximum atomic E-state index is 13.0. The van der Waals surface area contributed by atoms with E-state index < -0.39 is 0 Å². The van der Waals surface area contributed by atoms with Crippen LogP contribution in [0.25, 0.3) is 0 Å². The molecule has 0 heterocycles. The Kier molecular flexibility index (Phi) is 6.86. The van der Waals surface area contributed by atoms with E-state index in [-0.39, 0.29) is 5.82 Å². The summed E-state index contributed by atoms with van der Waals surface area (Å²) in [4.78, 5) is 4.44. The second-order valence-electron chi connectivity index (χ2n) is 10.8. The zero-order chi connectivity index (χ0) is 22.8. The lowest BCUT2D eigenvalue weighted by atomic mass is 9.49. The van der Waals surface area contributed by atoms with E-state index >= 15 is 0 Å². The molecule has 3 atom stereocenters. The molecule has 0 aromatic heterocycles. The SMILES string of the molecule is CC(C)c1ccc2c(c1)CCC1C(C)(CNCCC=Nc3ccc(F)cc3)CCCC21C. The van der Waals surface area contributed by atoms with Crippen LogP contribution in [0.1, 0.15) is 82.4 Å². The molecule has 172 valence electrons. The second kappa shape index (κ2) is 9.47. The molecule has 0 aliphatic heterocycles. The first kappa shape index (κ1) is 23.2. The summed E-state index contributed by atoms with van der Waals surface area (Å²) in [7, 11) is 0. The summed E-state index contributed by atoms with van der Waals surface area (Å²) < 4.78 is 13.0. The van der Waals surface area contributed by atoms with Crippen molar-refractivity contribution in [3.8, 4) is 0 Å². The lowest BCUT2D eigenvalue weighted by molar-refractivity contribution is 0.0262. The maximum Gasteiger partial charge on any atom is 0.123 e. The molecule has 0 spiro atoms. The van der Waals surface area contributed by atoms with Crippen molar-refractivity contribution in [2.75, 3.05) is 13.1 Å². The van der Waals surface area contributed by atoms with Gasteiger partial charge >= 0.3 is 0 Å². The molecule has 3 unspecified atom stereocenters. The fraction of sp³-hybridized carbons (Fsp3) is 0.552. The summed E-state index contributed by atoms with van der Waals surface area (Å²) in [6, 6.07) is 13.7. The van der Waals surface area contributed by atoms with Crippen molar-refractivity contribution in [3.63, 3.8) is 0 Å². The number of hydrogen-bond donors (Lipinski definition) is 1. The molecular formula is C29H39FN2. The molecular weight excluding hydrogens is 395 g/mol. The molecule has 0 saturated heterocycles. The van der Waals surface area contributed by atoms with Gasteiger partial charge in [0.2, 0.25) is 0 Å². The van der Waals surface area contributed by atoms with Gasteiger partial charge in [-0.3, -0.25) is 4.99 Å². The van der Waals surface area contributed by atoms with E-state index in [0.29, 0.717) is 16.7 Å². The van der Waals surface area contributed by atoms with Crippen molar-refractivity contribution in [2.45, 2.75) is 77.6 Å². The zero-order valence-electron chi connectivity index (χ0n) is 20.3. The molecule has 2 nitrogen and oxygen atoms in total. The van der Waals surface area contributed by atoms with Crippen molar-refractivity contribution < 1.29 is 4.39 Å². The van der Waals surface area contributed by atoms with E-state index in [4.69, 9.17) is 0 Å². The quantitative estimate of drug-likeness (QED) is 0.358. The minimum absolute atomic E-state index is 0.218. The van der Waals surface area contributed by atoms with Crippen LogP contribution in [0.4, 0.5) is 10.1 Å². The van der Waals surface area contributed by atoms with Crippen LogP contribution >= 0.6 is 0 Å². The van der Waals surface area contributed by atoms with E-state index in [0.717, 1.165) is 31.1 Å². The number of fused-ring (bicyclic) bond motifs is 3. The first-order chi connectivity index (χ1) is 15.3. The number of benzene rings is 2. The van der Waals surface area contributed by atoms with Crippen LogP contribution in [0.5, 0.6) is 0 Å². The molecule has 0 amide bonds. The monoisotopic (exact) mass is 434 g/mol. The highest BCUT2D eigenvalue weighted by molar-refractivity contribution is 5.63. The van der Waals surface area contributed by atoms with Crippen LogP contribution in [-0.4, -0.2) is 19.3 Å². The van der Waals surface area contributed by atoms with Gasteiger partial charge in [0.15, 0.2) is 0 Å². The van der Waals surface area contributed by atoms with Gasteiger partial charge in [0.05, 0.1) is 5.69 Å². The maximum absolute atomic E-state index is 13.0. The van der Waals surface area contributed by atoms with Gasteiger partial charge in [-0.15, -0.1) is 0 Å². The molecule has 2 aromatic carbocycles. The average molecular weight is 435 g/mol. The number of aliphatic imine (C=N–C) groups is 1. The molecule has 1 fully saturated rings. The van der Waals surface area contributed by atoms with Gasteiger partial charge in [0.25, 0.3) is 0 Å². The number of rotatable bonds is 7. The normalized spacial score (nSPS) is 27.5. The Morgan fingerprint density at radius 1 is 1.12 bits per heavy atom. The Labute approximate surface area is 193 Å². The number of nitrogens with zero attached hydrogens (tertiary/aromatic N) is 1. The largest absolute Gasteiger partial charge is 0.316 e. The van der Waals surface area contributed by atoms with Crippen molar-refractivity contribution in [2.24, 2.45) is 16.3 Å². The van der Waals surface area contributed by atoms with Crippen LogP contribution in [0.3, 0.4) is 0 Å². The molecule has 3 heteroatoms. The minimum Gasteiger partial charge on any atom is -0.316 e. The van der Waals surface area contributed by atoms with Crippen LogP contribution in [0.15, 0.2) is 47.5 Å².